The molecule has 1 aromatic rings. The van der Waals surface area contributed by atoms with Crippen molar-refractivity contribution in [3.63, 3.8) is 0 Å². The minimum absolute atomic E-state index is 0.227. The maximum absolute atomic E-state index is 13.5. The van der Waals surface area contributed by atoms with E-state index in [1.165, 1.54) is 6.07 Å². The highest BCUT2D eigenvalue weighted by Gasteiger charge is 2.22. The van der Waals surface area contributed by atoms with Crippen LogP contribution in [0.25, 0.3) is 0 Å². The fourth-order valence-corrected chi connectivity index (χ4v) is 2.59. The predicted octanol–water partition coefficient (Wildman–Crippen LogP) is 4.17. The zero-order valence-electron chi connectivity index (χ0n) is 9.72. The number of hydrogen-bond donors (Lipinski definition) is 0. The number of carbonyl (C=O) groups excluding carboxylic acids is 1. The Labute approximate surface area is 106 Å². The third-order valence-electron chi connectivity index (χ3n) is 3.47. The molecule has 0 N–H and O–H groups in total. The summed E-state index contributed by atoms with van der Waals surface area (Å²) in [4.78, 5) is 11.8. The predicted molar refractivity (Wildman–Crippen MR) is 66.7 cm³/mol. The molecule has 1 aliphatic carbocycles. The smallest absolute Gasteiger partial charge is 0.136 e. The number of benzene rings is 1. The molecule has 0 aromatic heterocycles. The van der Waals surface area contributed by atoms with Gasteiger partial charge >= 0.3 is 0 Å². The van der Waals surface area contributed by atoms with Crippen LogP contribution in [-0.4, -0.2) is 5.78 Å². The Balaban J connectivity index is 1.90. The second kappa shape index (κ2) is 5.63. The molecule has 0 heterocycles. The van der Waals surface area contributed by atoms with Crippen molar-refractivity contribution in [3.8, 4) is 0 Å². The Morgan fingerprint density at radius 3 is 2.71 bits per heavy atom. The molecular formula is C14H16ClFO. The van der Waals surface area contributed by atoms with E-state index in [4.69, 9.17) is 11.6 Å². The van der Waals surface area contributed by atoms with E-state index < -0.39 is 0 Å². The summed E-state index contributed by atoms with van der Waals surface area (Å²) in [6, 6.07) is 4.64. The van der Waals surface area contributed by atoms with Crippen LogP contribution in [-0.2, 0) is 11.2 Å². The molecule has 1 saturated carbocycles. The van der Waals surface area contributed by atoms with Gasteiger partial charge < -0.3 is 0 Å². The molecule has 1 aromatic carbocycles. The number of ketones is 1. The van der Waals surface area contributed by atoms with Crippen LogP contribution in [0.2, 0.25) is 5.02 Å². The van der Waals surface area contributed by atoms with Gasteiger partial charge in [-0.05, 0) is 37.0 Å². The first-order valence-corrected chi connectivity index (χ1v) is 6.51. The molecule has 0 amide bonds. The summed E-state index contributed by atoms with van der Waals surface area (Å²) < 4.78 is 13.5. The van der Waals surface area contributed by atoms with Crippen molar-refractivity contribution >= 4 is 17.4 Å². The van der Waals surface area contributed by atoms with E-state index in [1.54, 1.807) is 12.1 Å². The fraction of sp³-hybridized carbons (Fsp3) is 0.500. The van der Waals surface area contributed by atoms with Crippen LogP contribution in [0.1, 0.15) is 37.7 Å². The van der Waals surface area contributed by atoms with Gasteiger partial charge in [0, 0.05) is 17.4 Å². The molecule has 2 rings (SSSR count). The Kier molecular flexibility index (Phi) is 4.16. The van der Waals surface area contributed by atoms with Gasteiger partial charge in [0.15, 0.2) is 0 Å². The van der Waals surface area contributed by atoms with E-state index in [9.17, 15) is 9.18 Å². The number of aryl methyl sites for hydroxylation is 1. The summed E-state index contributed by atoms with van der Waals surface area (Å²) >= 11 is 5.68. The van der Waals surface area contributed by atoms with E-state index in [0.29, 0.717) is 23.4 Å². The zero-order chi connectivity index (χ0) is 12.3. The van der Waals surface area contributed by atoms with Gasteiger partial charge in [-0.15, -0.1) is 0 Å². The lowest BCUT2D eigenvalue weighted by Crippen LogP contribution is -2.11. The van der Waals surface area contributed by atoms with Gasteiger partial charge in [-0.2, -0.15) is 0 Å². The standard InChI is InChI=1S/C14H16ClFO/c15-12-7-5-10(13(16)9-12)6-8-14(17)11-3-1-2-4-11/h5,7,9,11H,1-4,6,8H2. The molecule has 0 spiro atoms. The molecule has 0 atom stereocenters. The quantitative estimate of drug-likeness (QED) is 0.788. The topological polar surface area (TPSA) is 17.1 Å². The molecule has 0 radical (unpaired) electrons. The van der Waals surface area contributed by atoms with Gasteiger partial charge in [-0.3, -0.25) is 4.79 Å². The molecule has 92 valence electrons. The van der Waals surface area contributed by atoms with E-state index in [2.05, 4.69) is 0 Å². The summed E-state index contributed by atoms with van der Waals surface area (Å²) in [5.41, 5.74) is 0.584. The first-order valence-electron chi connectivity index (χ1n) is 6.13. The van der Waals surface area contributed by atoms with Crippen molar-refractivity contribution in [3.05, 3.63) is 34.6 Å². The highest BCUT2D eigenvalue weighted by molar-refractivity contribution is 6.30. The van der Waals surface area contributed by atoms with Crippen LogP contribution in [0.5, 0.6) is 0 Å². The van der Waals surface area contributed by atoms with Gasteiger partial charge in [0.25, 0.3) is 0 Å². The number of carbonyl (C=O) groups is 1. The van der Waals surface area contributed by atoms with Gasteiger partial charge in [-0.1, -0.05) is 30.5 Å². The lowest BCUT2D eigenvalue weighted by Gasteiger charge is -2.08. The number of rotatable bonds is 4. The lowest BCUT2D eigenvalue weighted by atomic mass is 9.97. The third kappa shape index (κ3) is 3.29. The second-order valence-electron chi connectivity index (χ2n) is 4.68. The summed E-state index contributed by atoms with van der Waals surface area (Å²) in [7, 11) is 0. The minimum atomic E-state index is -0.309. The Hall–Kier alpha value is -0.890. The maximum atomic E-state index is 13.5. The fourth-order valence-electron chi connectivity index (χ4n) is 2.43. The summed E-state index contributed by atoms with van der Waals surface area (Å²) in [5, 5.41) is 0.397. The Morgan fingerprint density at radius 2 is 2.06 bits per heavy atom. The molecule has 0 saturated heterocycles. The molecule has 17 heavy (non-hydrogen) atoms. The van der Waals surface area contributed by atoms with Gasteiger partial charge in [0.1, 0.15) is 11.6 Å². The summed E-state index contributed by atoms with van der Waals surface area (Å²) in [6.45, 7) is 0. The molecule has 0 bridgehead atoms. The zero-order valence-corrected chi connectivity index (χ0v) is 10.5. The molecule has 0 aliphatic heterocycles. The first kappa shape index (κ1) is 12.6. The normalized spacial score (nSPS) is 16.4. The second-order valence-corrected chi connectivity index (χ2v) is 5.12. The summed E-state index contributed by atoms with van der Waals surface area (Å²) in [6.07, 6.45) is 5.28. The molecular weight excluding hydrogens is 239 g/mol. The minimum Gasteiger partial charge on any atom is -0.299 e. The molecule has 1 aliphatic rings. The van der Waals surface area contributed by atoms with Gasteiger partial charge in [0.05, 0.1) is 0 Å². The van der Waals surface area contributed by atoms with Crippen molar-refractivity contribution in [2.24, 2.45) is 5.92 Å². The monoisotopic (exact) mass is 254 g/mol. The molecule has 0 unspecified atom stereocenters. The van der Waals surface area contributed by atoms with E-state index >= 15 is 0 Å². The first-order chi connectivity index (χ1) is 8.16. The number of hydrogen-bond acceptors (Lipinski definition) is 1. The molecule has 1 nitrogen and oxygen atoms in total. The average molecular weight is 255 g/mol. The Bertz CT molecular complexity index is 411. The van der Waals surface area contributed by atoms with Crippen molar-refractivity contribution in [2.75, 3.05) is 0 Å². The van der Waals surface area contributed by atoms with Crippen molar-refractivity contribution in [1.29, 1.82) is 0 Å². The Morgan fingerprint density at radius 1 is 1.35 bits per heavy atom. The third-order valence-corrected chi connectivity index (χ3v) is 3.70. The van der Waals surface area contributed by atoms with Crippen LogP contribution in [0, 0.1) is 11.7 Å². The van der Waals surface area contributed by atoms with Crippen molar-refractivity contribution < 1.29 is 9.18 Å². The van der Waals surface area contributed by atoms with Crippen LogP contribution in [0.15, 0.2) is 18.2 Å². The van der Waals surface area contributed by atoms with Crippen LogP contribution in [0.3, 0.4) is 0 Å². The van der Waals surface area contributed by atoms with Crippen molar-refractivity contribution in [1.82, 2.24) is 0 Å². The van der Waals surface area contributed by atoms with Crippen LogP contribution in [0.4, 0.5) is 4.39 Å². The summed E-state index contributed by atoms with van der Waals surface area (Å²) in [5.74, 6) is 0.207. The SMILES string of the molecule is O=C(CCc1ccc(Cl)cc1F)C1CCCC1. The van der Waals surface area contributed by atoms with E-state index in [1.807, 2.05) is 0 Å². The van der Waals surface area contributed by atoms with E-state index in [-0.39, 0.29) is 17.5 Å². The highest BCUT2D eigenvalue weighted by Crippen LogP contribution is 2.27. The lowest BCUT2D eigenvalue weighted by molar-refractivity contribution is -0.122. The maximum Gasteiger partial charge on any atom is 0.136 e. The average Bonchev–Trinajstić information content (AvgIpc) is 2.81. The van der Waals surface area contributed by atoms with Crippen LogP contribution < -0.4 is 0 Å². The number of Topliss-reactive ketones (excluding diaryl/α,β-unsaturated/α-hetero) is 1. The van der Waals surface area contributed by atoms with Gasteiger partial charge in [0.2, 0.25) is 0 Å². The molecule has 1 fully saturated rings. The molecule has 3 heteroatoms. The van der Waals surface area contributed by atoms with Crippen LogP contribution >= 0.6 is 11.6 Å². The van der Waals surface area contributed by atoms with E-state index in [0.717, 1.165) is 25.7 Å². The number of halogens is 2. The van der Waals surface area contributed by atoms with Gasteiger partial charge in [-0.25, -0.2) is 4.39 Å². The van der Waals surface area contributed by atoms with Crippen molar-refractivity contribution in [2.45, 2.75) is 38.5 Å². The highest BCUT2D eigenvalue weighted by atomic mass is 35.5. The largest absolute Gasteiger partial charge is 0.299 e.